The van der Waals surface area contributed by atoms with Crippen molar-refractivity contribution in [3.8, 4) is 11.5 Å². The average molecular weight is 174 g/mol. The van der Waals surface area contributed by atoms with Gasteiger partial charge in [0.05, 0.1) is 0 Å². The molecule has 0 aliphatic carbocycles. The topological polar surface area (TPSA) is 54.5 Å². The maximum Gasteiger partial charge on any atom is 0.174 e. The second kappa shape index (κ2) is 3.35. The van der Waals surface area contributed by atoms with Crippen LogP contribution in [0.1, 0.15) is 12.5 Å². The highest BCUT2D eigenvalue weighted by atomic mass is 15.2. The largest absolute Gasteiger partial charge is 0.258 e. The fourth-order valence-corrected chi connectivity index (χ4v) is 1.15. The number of hydrogen-bond donors (Lipinski definition) is 1. The summed E-state index contributed by atoms with van der Waals surface area (Å²) in [5.41, 5.74) is 2.10. The molecule has 2 rings (SSSR count). The van der Waals surface area contributed by atoms with Crippen LogP contribution in [0.5, 0.6) is 0 Å². The van der Waals surface area contributed by atoms with Gasteiger partial charge in [0.2, 0.25) is 0 Å². The smallest absolute Gasteiger partial charge is 0.174 e. The lowest BCUT2D eigenvalue weighted by atomic mass is 10.2. The van der Waals surface area contributed by atoms with Crippen LogP contribution < -0.4 is 0 Å². The molecule has 2 aromatic heterocycles. The monoisotopic (exact) mass is 174 g/mol. The molecule has 4 heteroatoms. The fourth-order valence-electron chi connectivity index (χ4n) is 1.15. The van der Waals surface area contributed by atoms with Crippen LogP contribution in [0.4, 0.5) is 0 Å². The molecule has 66 valence electrons. The summed E-state index contributed by atoms with van der Waals surface area (Å²) in [5, 5.41) is 6.56. The number of H-pyrrole nitrogens is 1. The number of nitrogens with zero attached hydrogens (tertiary/aromatic N) is 3. The van der Waals surface area contributed by atoms with E-state index in [-0.39, 0.29) is 0 Å². The van der Waals surface area contributed by atoms with Crippen LogP contribution in [-0.2, 0) is 6.42 Å². The van der Waals surface area contributed by atoms with Crippen LogP contribution in [0.15, 0.2) is 24.7 Å². The molecule has 0 spiro atoms. The third kappa shape index (κ3) is 1.56. The summed E-state index contributed by atoms with van der Waals surface area (Å²) >= 11 is 0. The lowest BCUT2D eigenvalue weighted by Crippen LogP contribution is -1.88. The van der Waals surface area contributed by atoms with Crippen molar-refractivity contribution in [3.05, 3.63) is 30.2 Å². The second-order valence-corrected chi connectivity index (χ2v) is 2.74. The molecule has 0 bridgehead atoms. The number of pyridine rings is 1. The molecule has 0 radical (unpaired) electrons. The summed E-state index contributed by atoms with van der Waals surface area (Å²) in [5.74, 6) is 0.718. The summed E-state index contributed by atoms with van der Waals surface area (Å²) in [6.45, 7) is 2.11. The minimum atomic E-state index is 0.718. The van der Waals surface area contributed by atoms with E-state index in [4.69, 9.17) is 0 Å². The van der Waals surface area contributed by atoms with E-state index in [1.165, 1.54) is 11.9 Å². The average Bonchev–Trinajstić information content (AvgIpc) is 2.71. The van der Waals surface area contributed by atoms with E-state index in [0.717, 1.165) is 17.9 Å². The molecule has 0 aliphatic rings. The molecule has 0 saturated heterocycles. The SMILES string of the molecule is CCc1ccnc(-c2ncn[nH]2)c1. The molecule has 2 heterocycles. The van der Waals surface area contributed by atoms with E-state index in [1.54, 1.807) is 6.20 Å². The number of aromatic nitrogens is 4. The first-order valence-corrected chi connectivity index (χ1v) is 4.21. The Balaban J connectivity index is 2.41. The maximum atomic E-state index is 4.20. The van der Waals surface area contributed by atoms with E-state index in [0.29, 0.717) is 0 Å². The lowest BCUT2D eigenvalue weighted by Gasteiger charge is -1.98. The zero-order chi connectivity index (χ0) is 9.10. The van der Waals surface area contributed by atoms with Gasteiger partial charge >= 0.3 is 0 Å². The molecule has 0 saturated carbocycles. The second-order valence-electron chi connectivity index (χ2n) is 2.74. The van der Waals surface area contributed by atoms with Gasteiger partial charge in [-0.2, -0.15) is 5.10 Å². The van der Waals surface area contributed by atoms with Crippen molar-refractivity contribution in [1.82, 2.24) is 20.2 Å². The van der Waals surface area contributed by atoms with E-state index in [2.05, 4.69) is 27.1 Å². The molecular formula is C9H10N4. The van der Waals surface area contributed by atoms with Gasteiger partial charge in [0.25, 0.3) is 0 Å². The van der Waals surface area contributed by atoms with Crippen molar-refractivity contribution in [2.24, 2.45) is 0 Å². The van der Waals surface area contributed by atoms with Crippen molar-refractivity contribution in [1.29, 1.82) is 0 Å². The molecule has 0 unspecified atom stereocenters. The standard InChI is InChI=1S/C9H10N4/c1-2-7-3-4-10-8(5-7)9-11-6-12-13-9/h3-6H,2H2,1H3,(H,11,12,13). The Hall–Kier alpha value is -1.71. The van der Waals surface area contributed by atoms with Gasteiger partial charge in [0, 0.05) is 6.20 Å². The normalized spacial score (nSPS) is 10.2. The Morgan fingerprint density at radius 3 is 3.00 bits per heavy atom. The van der Waals surface area contributed by atoms with Gasteiger partial charge in [0.1, 0.15) is 12.0 Å². The number of aryl methyl sites for hydroxylation is 1. The van der Waals surface area contributed by atoms with E-state index in [1.807, 2.05) is 12.1 Å². The Morgan fingerprint density at radius 1 is 1.38 bits per heavy atom. The van der Waals surface area contributed by atoms with Gasteiger partial charge in [-0.15, -0.1) is 0 Å². The fraction of sp³-hybridized carbons (Fsp3) is 0.222. The Labute approximate surface area is 76.1 Å². The lowest BCUT2D eigenvalue weighted by molar-refractivity contribution is 1.07. The first-order chi connectivity index (χ1) is 6.40. The summed E-state index contributed by atoms with van der Waals surface area (Å²) < 4.78 is 0. The van der Waals surface area contributed by atoms with E-state index in [9.17, 15) is 0 Å². The molecule has 4 nitrogen and oxygen atoms in total. The molecule has 2 aromatic rings. The van der Waals surface area contributed by atoms with Crippen LogP contribution in [-0.4, -0.2) is 20.2 Å². The summed E-state index contributed by atoms with van der Waals surface area (Å²) in [6.07, 6.45) is 4.27. The third-order valence-corrected chi connectivity index (χ3v) is 1.89. The molecule has 0 atom stereocenters. The Morgan fingerprint density at radius 2 is 2.31 bits per heavy atom. The highest BCUT2D eigenvalue weighted by Crippen LogP contribution is 2.11. The predicted octanol–water partition coefficient (Wildman–Crippen LogP) is 1.43. The predicted molar refractivity (Wildman–Crippen MR) is 49.0 cm³/mol. The summed E-state index contributed by atoms with van der Waals surface area (Å²) in [7, 11) is 0. The Bertz CT molecular complexity index is 380. The minimum absolute atomic E-state index is 0.718. The van der Waals surface area contributed by atoms with E-state index >= 15 is 0 Å². The number of nitrogens with one attached hydrogen (secondary N) is 1. The quantitative estimate of drug-likeness (QED) is 0.749. The van der Waals surface area contributed by atoms with Crippen molar-refractivity contribution < 1.29 is 0 Å². The van der Waals surface area contributed by atoms with Crippen LogP contribution in [0, 0.1) is 0 Å². The maximum absolute atomic E-state index is 4.20. The summed E-state index contributed by atoms with van der Waals surface area (Å²) in [6, 6.07) is 4.01. The highest BCUT2D eigenvalue weighted by Gasteiger charge is 2.01. The van der Waals surface area contributed by atoms with Gasteiger partial charge in [-0.3, -0.25) is 10.1 Å². The first-order valence-electron chi connectivity index (χ1n) is 4.21. The van der Waals surface area contributed by atoms with Gasteiger partial charge in [-0.25, -0.2) is 4.98 Å². The molecular weight excluding hydrogens is 164 g/mol. The van der Waals surface area contributed by atoms with Crippen molar-refractivity contribution in [2.75, 3.05) is 0 Å². The zero-order valence-electron chi connectivity index (χ0n) is 7.36. The number of hydrogen-bond acceptors (Lipinski definition) is 3. The van der Waals surface area contributed by atoms with Crippen LogP contribution in [0.3, 0.4) is 0 Å². The number of rotatable bonds is 2. The van der Waals surface area contributed by atoms with Crippen molar-refractivity contribution in [3.63, 3.8) is 0 Å². The minimum Gasteiger partial charge on any atom is -0.258 e. The summed E-state index contributed by atoms with van der Waals surface area (Å²) in [4.78, 5) is 8.23. The van der Waals surface area contributed by atoms with Crippen LogP contribution in [0.25, 0.3) is 11.5 Å². The number of aromatic amines is 1. The highest BCUT2D eigenvalue weighted by molar-refractivity contribution is 5.48. The molecule has 0 fully saturated rings. The van der Waals surface area contributed by atoms with Crippen molar-refractivity contribution in [2.45, 2.75) is 13.3 Å². The van der Waals surface area contributed by atoms with Crippen LogP contribution >= 0.6 is 0 Å². The van der Waals surface area contributed by atoms with Gasteiger partial charge in [-0.05, 0) is 24.1 Å². The van der Waals surface area contributed by atoms with Crippen molar-refractivity contribution >= 4 is 0 Å². The Kier molecular flexibility index (Phi) is 2.04. The third-order valence-electron chi connectivity index (χ3n) is 1.89. The molecule has 0 aliphatic heterocycles. The van der Waals surface area contributed by atoms with Gasteiger partial charge < -0.3 is 0 Å². The molecule has 1 N–H and O–H groups in total. The van der Waals surface area contributed by atoms with Crippen LogP contribution in [0.2, 0.25) is 0 Å². The zero-order valence-corrected chi connectivity index (χ0v) is 7.36. The molecule has 0 aromatic carbocycles. The first kappa shape index (κ1) is 7.91. The van der Waals surface area contributed by atoms with E-state index < -0.39 is 0 Å². The molecule has 0 amide bonds. The molecule has 13 heavy (non-hydrogen) atoms. The van der Waals surface area contributed by atoms with Gasteiger partial charge in [0.15, 0.2) is 5.82 Å². The van der Waals surface area contributed by atoms with Gasteiger partial charge in [-0.1, -0.05) is 6.92 Å².